The Bertz CT molecular complexity index is 1500. The molecule has 1 atom stereocenters. The van der Waals surface area contributed by atoms with Gasteiger partial charge in [-0.1, -0.05) is 30.3 Å². The molecule has 1 unspecified atom stereocenters. The van der Waals surface area contributed by atoms with Crippen molar-refractivity contribution >= 4 is 17.7 Å². The lowest BCUT2D eigenvalue weighted by atomic mass is 10.0. The fourth-order valence-corrected chi connectivity index (χ4v) is 5.37. The molecule has 1 N–H and O–H groups in total. The Morgan fingerprint density at radius 3 is 2.62 bits per heavy atom. The number of imide groups is 1. The summed E-state index contributed by atoms with van der Waals surface area (Å²) in [5.41, 5.74) is 3.04. The van der Waals surface area contributed by atoms with Gasteiger partial charge in [0.1, 0.15) is 24.2 Å². The van der Waals surface area contributed by atoms with E-state index in [0.717, 1.165) is 11.1 Å². The van der Waals surface area contributed by atoms with Gasteiger partial charge in [-0.3, -0.25) is 24.6 Å². The molecule has 1 fully saturated rings. The fraction of sp³-hybridized carbons (Fsp3) is 0.370. The van der Waals surface area contributed by atoms with Crippen LogP contribution in [0.1, 0.15) is 51.5 Å². The second kappa shape index (κ2) is 10.0. The zero-order valence-corrected chi connectivity index (χ0v) is 21.3. The van der Waals surface area contributed by atoms with Gasteiger partial charge >= 0.3 is 6.18 Å². The summed E-state index contributed by atoms with van der Waals surface area (Å²) in [5.74, 6) is -1.35. The van der Waals surface area contributed by atoms with Gasteiger partial charge in [0.25, 0.3) is 11.7 Å². The van der Waals surface area contributed by atoms with Crippen molar-refractivity contribution in [1.29, 1.82) is 0 Å². The minimum absolute atomic E-state index is 0.183. The van der Waals surface area contributed by atoms with Crippen molar-refractivity contribution in [1.82, 2.24) is 29.9 Å². The maximum absolute atomic E-state index is 13.0. The van der Waals surface area contributed by atoms with Crippen LogP contribution in [0.25, 0.3) is 0 Å². The first-order valence-corrected chi connectivity index (χ1v) is 12.9. The molecule has 3 amide bonds. The van der Waals surface area contributed by atoms with E-state index in [0.29, 0.717) is 36.5 Å². The Morgan fingerprint density at radius 2 is 1.82 bits per heavy atom. The molecular weight excluding hydrogens is 529 g/mol. The number of amides is 3. The highest BCUT2D eigenvalue weighted by atomic mass is 19.4. The highest BCUT2D eigenvalue weighted by Crippen LogP contribution is 2.34. The molecule has 13 heteroatoms. The van der Waals surface area contributed by atoms with E-state index in [1.54, 1.807) is 18.2 Å². The molecule has 3 aliphatic rings. The van der Waals surface area contributed by atoms with Crippen LogP contribution in [0.3, 0.4) is 0 Å². The fourth-order valence-electron chi connectivity index (χ4n) is 5.37. The number of carbonyl (C=O) groups is 3. The van der Waals surface area contributed by atoms with E-state index in [2.05, 4.69) is 15.4 Å². The van der Waals surface area contributed by atoms with E-state index < -0.39 is 23.9 Å². The first kappa shape index (κ1) is 26.0. The van der Waals surface area contributed by atoms with Gasteiger partial charge in [0.05, 0.1) is 19.6 Å². The molecule has 0 spiro atoms. The number of ether oxygens (including phenoxy) is 1. The van der Waals surface area contributed by atoms with Crippen molar-refractivity contribution in [3.8, 4) is 5.75 Å². The number of fused-ring (bicyclic) bond motifs is 2. The van der Waals surface area contributed by atoms with Gasteiger partial charge in [0.15, 0.2) is 0 Å². The second-order valence-electron chi connectivity index (χ2n) is 10.1. The molecule has 40 heavy (non-hydrogen) atoms. The van der Waals surface area contributed by atoms with Gasteiger partial charge in [-0.2, -0.15) is 13.2 Å². The zero-order chi connectivity index (χ0) is 28.0. The predicted octanol–water partition coefficient (Wildman–Crippen LogP) is 2.65. The highest BCUT2D eigenvalue weighted by molar-refractivity contribution is 6.05. The van der Waals surface area contributed by atoms with Gasteiger partial charge in [0.2, 0.25) is 11.8 Å². The number of alkyl halides is 3. The van der Waals surface area contributed by atoms with Crippen LogP contribution in [0, 0.1) is 0 Å². The van der Waals surface area contributed by atoms with Crippen LogP contribution in [-0.4, -0.2) is 54.9 Å². The van der Waals surface area contributed by atoms with Crippen molar-refractivity contribution in [3.05, 3.63) is 76.4 Å². The number of carbonyl (C=O) groups excluding carboxylic acids is 3. The molecule has 0 saturated carbocycles. The number of piperidine rings is 1. The van der Waals surface area contributed by atoms with Crippen LogP contribution in [0.15, 0.2) is 42.5 Å². The molecule has 0 aliphatic carbocycles. The van der Waals surface area contributed by atoms with E-state index in [-0.39, 0.29) is 50.2 Å². The number of hydrogen-bond acceptors (Lipinski definition) is 7. The lowest BCUT2D eigenvalue weighted by Crippen LogP contribution is -2.52. The monoisotopic (exact) mass is 554 g/mol. The van der Waals surface area contributed by atoms with Gasteiger partial charge in [0, 0.05) is 30.6 Å². The summed E-state index contributed by atoms with van der Waals surface area (Å²) < 4.78 is 46.3. The van der Waals surface area contributed by atoms with Crippen LogP contribution < -0.4 is 10.1 Å². The van der Waals surface area contributed by atoms with Crippen LogP contribution in [0.4, 0.5) is 13.2 Å². The first-order chi connectivity index (χ1) is 19.2. The SMILES string of the molecule is O=C1CCC(N2Cc3c(OCc4cccc(CN5CCn6nc(C(F)(F)F)nc6C5)c4)cccc3C2=O)C(=O)N1. The third-order valence-electron chi connectivity index (χ3n) is 7.33. The third-order valence-corrected chi connectivity index (χ3v) is 7.33. The number of hydrogen-bond donors (Lipinski definition) is 1. The summed E-state index contributed by atoms with van der Waals surface area (Å²) in [7, 11) is 0. The Kier molecular flexibility index (Phi) is 6.53. The summed E-state index contributed by atoms with van der Waals surface area (Å²) >= 11 is 0. The number of nitrogens with one attached hydrogen (secondary N) is 1. The Labute approximate surface area is 226 Å². The molecule has 0 radical (unpaired) electrons. The van der Waals surface area contributed by atoms with Crippen molar-refractivity contribution < 1.29 is 32.3 Å². The summed E-state index contributed by atoms with van der Waals surface area (Å²) in [4.78, 5) is 44.1. The van der Waals surface area contributed by atoms with Crippen LogP contribution in [0.5, 0.6) is 5.75 Å². The Balaban J connectivity index is 1.10. The number of benzene rings is 2. The number of aromatic nitrogens is 3. The summed E-state index contributed by atoms with van der Waals surface area (Å²) in [6, 6.07) is 12.2. The van der Waals surface area contributed by atoms with Crippen molar-refractivity contribution in [2.24, 2.45) is 0 Å². The highest BCUT2D eigenvalue weighted by Gasteiger charge is 2.40. The molecule has 0 bridgehead atoms. The molecule has 1 saturated heterocycles. The van der Waals surface area contributed by atoms with Crippen LogP contribution in [0.2, 0.25) is 0 Å². The molecular formula is C27H25F3N6O4. The van der Waals surface area contributed by atoms with E-state index in [4.69, 9.17) is 4.74 Å². The number of halogens is 3. The second-order valence-corrected chi connectivity index (χ2v) is 10.1. The lowest BCUT2D eigenvalue weighted by Gasteiger charge is -2.29. The number of nitrogens with zero attached hydrogens (tertiary/aromatic N) is 5. The van der Waals surface area contributed by atoms with Gasteiger partial charge in [-0.15, -0.1) is 5.10 Å². The maximum Gasteiger partial charge on any atom is 0.453 e. The van der Waals surface area contributed by atoms with Gasteiger partial charge < -0.3 is 9.64 Å². The summed E-state index contributed by atoms with van der Waals surface area (Å²) in [6.07, 6.45) is -4.10. The molecule has 3 aliphatic heterocycles. The molecule has 208 valence electrons. The average Bonchev–Trinajstić information content (AvgIpc) is 3.49. The average molecular weight is 555 g/mol. The summed E-state index contributed by atoms with van der Waals surface area (Å²) in [5, 5.41) is 5.88. The first-order valence-electron chi connectivity index (χ1n) is 12.9. The predicted molar refractivity (Wildman–Crippen MR) is 132 cm³/mol. The van der Waals surface area contributed by atoms with E-state index >= 15 is 0 Å². The molecule has 3 aromatic rings. The van der Waals surface area contributed by atoms with Crippen LogP contribution >= 0.6 is 0 Å². The zero-order valence-electron chi connectivity index (χ0n) is 21.3. The van der Waals surface area contributed by atoms with Crippen LogP contribution in [-0.2, 0) is 48.6 Å². The smallest absolute Gasteiger partial charge is 0.453 e. The molecule has 10 nitrogen and oxygen atoms in total. The largest absolute Gasteiger partial charge is 0.489 e. The Morgan fingerprint density at radius 1 is 1.02 bits per heavy atom. The van der Waals surface area contributed by atoms with E-state index in [9.17, 15) is 27.6 Å². The minimum atomic E-state index is -4.57. The third kappa shape index (κ3) is 5.04. The molecule has 4 heterocycles. The lowest BCUT2D eigenvalue weighted by molar-refractivity contribution is -0.145. The molecule has 1 aromatic heterocycles. The normalized spacial score (nSPS) is 19.4. The van der Waals surface area contributed by atoms with Gasteiger partial charge in [-0.25, -0.2) is 9.67 Å². The summed E-state index contributed by atoms with van der Waals surface area (Å²) in [6.45, 7) is 2.11. The maximum atomic E-state index is 13.0. The van der Waals surface area contributed by atoms with E-state index in [1.165, 1.54) is 9.58 Å². The minimum Gasteiger partial charge on any atom is -0.489 e. The Hall–Kier alpha value is -4.26. The molecule has 2 aromatic carbocycles. The van der Waals surface area contributed by atoms with Gasteiger partial charge in [-0.05, 0) is 29.7 Å². The van der Waals surface area contributed by atoms with Crippen molar-refractivity contribution in [2.45, 2.75) is 57.8 Å². The number of rotatable bonds is 6. The standard InChI is InChI=1S/C27H25F3N6O4/c28-27(29,30)26-31-22-14-34(9-10-36(22)33-26)12-16-3-1-4-17(11-16)15-40-21-6-2-5-18-19(21)13-35(25(18)39)20-7-8-23(37)32-24(20)38/h1-6,11,20H,7-10,12-15H2,(H,32,37,38). The van der Waals surface area contributed by atoms with E-state index in [1.807, 2.05) is 29.2 Å². The quantitative estimate of drug-likeness (QED) is 0.467. The van der Waals surface area contributed by atoms with Crippen molar-refractivity contribution in [2.75, 3.05) is 6.54 Å². The topological polar surface area (TPSA) is 110 Å². The molecule has 6 rings (SSSR count). The van der Waals surface area contributed by atoms with Crippen molar-refractivity contribution in [3.63, 3.8) is 0 Å².